The van der Waals surface area contributed by atoms with E-state index in [9.17, 15) is 4.79 Å². The first-order valence-electron chi connectivity index (χ1n) is 6.40. The van der Waals surface area contributed by atoms with Gasteiger partial charge in [-0.1, -0.05) is 0 Å². The highest BCUT2D eigenvalue weighted by atomic mass is 16.2. The van der Waals surface area contributed by atoms with Gasteiger partial charge in [-0.2, -0.15) is 5.26 Å². The number of benzene rings is 1. The van der Waals surface area contributed by atoms with Crippen LogP contribution in [0.5, 0.6) is 0 Å². The van der Waals surface area contributed by atoms with Crippen LogP contribution in [-0.4, -0.2) is 37.5 Å². The van der Waals surface area contributed by atoms with E-state index in [0.717, 1.165) is 31.6 Å². The lowest BCUT2D eigenvalue weighted by Crippen LogP contribution is -2.37. The van der Waals surface area contributed by atoms with Crippen molar-refractivity contribution in [2.24, 2.45) is 0 Å². The number of nitrogen functional groups attached to an aromatic ring is 1. The lowest BCUT2D eigenvalue weighted by Gasteiger charge is -2.24. The molecule has 100 valence electrons. The van der Waals surface area contributed by atoms with E-state index in [1.165, 1.54) is 0 Å². The second-order valence-electron chi connectivity index (χ2n) is 4.83. The molecule has 1 aliphatic heterocycles. The smallest absolute Gasteiger partial charge is 0.242 e. The van der Waals surface area contributed by atoms with Crippen LogP contribution in [0.15, 0.2) is 18.2 Å². The van der Waals surface area contributed by atoms with E-state index in [4.69, 9.17) is 11.0 Å². The van der Waals surface area contributed by atoms with Gasteiger partial charge in [-0.25, -0.2) is 0 Å². The van der Waals surface area contributed by atoms with Crippen LogP contribution in [0.1, 0.15) is 18.4 Å². The molecule has 1 aromatic carbocycles. The van der Waals surface area contributed by atoms with E-state index >= 15 is 0 Å². The van der Waals surface area contributed by atoms with E-state index in [1.807, 2.05) is 11.9 Å². The van der Waals surface area contributed by atoms with Gasteiger partial charge in [0.15, 0.2) is 0 Å². The summed E-state index contributed by atoms with van der Waals surface area (Å²) in [6.07, 6.45) is 2.17. The summed E-state index contributed by atoms with van der Waals surface area (Å²) in [5, 5.41) is 8.90. The maximum Gasteiger partial charge on any atom is 0.242 e. The Morgan fingerprint density at radius 2 is 2.16 bits per heavy atom. The molecule has 0 bridgehead atoms. The first kappa shape index (κ1) is 13.2. The van der Waals surface area contributed by atoms with Crippen molar-refractivity contribution in [3.63, 3.8) is 0 Å². The maximum atomic E-state index is 12.1. The molecule has 0 radical (unpaired) electrons. The topological polar surface area (TPSA) is 73.4 Å². The Morgan fingerprint density at radius 3 is 2.79 bits per heavy atom. The van der Waals surface area contributed by atoms with E-state index in [2.05, 4.69) is 6.07 Å². The Bertz CT molecular complexity index is 515. The number of nitrogens with two attached hydrogens (primary N) is 1. The summed E-state index contributed by atoms with van der Waals surface area (Å²) in [5.41, 5.74) is 7.75. The predicted molar refractivity (Wildman–Crippen MR) is 74.7 cm³/mol. The Hall–Kier alpha value is -2.22. The molecule has 19 heavy (non-hydrogen) atoms. The monoisotopic (exact) mass is 258 g/mol. The average Bonchev–Trinajstić information content (AvgIpc) is 2.93. The molecule has 2 N–H and O–H groups in total. The molecular weight excluding hydrogens is 240 g/mol. The fraction of sp³-hybridized carbons (Fsp3) is 0.429. The second kappa shape index (κ2) is 5.61. The van der Waals surface area contributed by atoms with Gasteiger partial charge < -0.3 is 15.5 Å². The number of rotatable bonds is 3. The number of carbonyl (C=O) groups is 1. The van der Waals surface area contributed by atoms with Gasteiger partial charge in [0.2, 0.25) is 5.91 Å². The van der Waals surface area contributed by atoms with Crippen molar-refractivity contribution in [3.05, 3.63) is 23.8 Å². The number of hydrogen-bond donors (Lipinski definition) is 1. The number of nitrogens with zero attached hydrogens (tertiary/aromatic N) is 3. The van der Waals surface area contributed by atoms with Crippen molar-refractivity contribution in [2.75, 3.05) is 37.3 Å². The summed E-state index contributed by atoms with van der Waals surface area (Å²) in [7, 11) is 1.82. The number of amides is 1. The quantitative estimate of drug-likeness (QED) is 0.827. The summed E-state index contributed by atoms with van der Waals surface area (Å²) in [5.74, 6) is 0.113. The van der Waals surface area contributed by atoms with E-state index in [1.54, 1.807) is 23.1 Å². The third kappa shape index (κ3) is 2.97. The minimum absolute atomic E-state index is 0.113. The number of carbonyl (C=O) groups excluding carboxylic acids is 1. The zero-order chi connectivity index (χ0) is 13.8. The lowest BCUT2D eigenvalue weighted by molar-refractivity contribution is -0.128. The van der Waals surface area contributed by atoms with Crippen molar-refractivity contribution < 1.29 is 4.79 Å². The van der Waals surface area contributed by atoms with Crippen molar-refractivity contribution in [1.82, 2.24) is 4.90 Å². The number of hydrogen-bond acceptors (Lipinski definition) is 4. The van der Waals surface area contributed by atoms with Gasteiger partial charge in [-0.05, 0) is 31.0 Å². The van der Waals surface area contributed by atoms with Gasteiger partial charge in [0.05, 0.1) is 29.6 Å². The Kier molecular flexibility index (Phi) is 3.91. The largest absolute Gasteiger partial charge is 0.397 e. The summed E-state index contributed by atoms with van der Waals surface area (Å²) in [6, 6.07) is 7.17. The molecule has 1 fully saturated rings. The molecule has 0 saturated carbocycles. The molecule has 2 rings (SSSR count). The molecule has 1 heterocycles. The molecule has 1 amide bonds. The molecule has 0 spiro atoms. The molecule has 0 unspecified atom stereocenters. The van der Waals surface area contributed by atoms with Gasteiger partial charge in [-0.15, -0.1) is 0 Å². The van der Waals surface area contributed by atoms with Crippen molar-refractivity contribution in [3.8, 4) is 6.07 Å². The van der Waals surface area contributed by atoms with Crippen LogP contribution in [0.4, 0.5) is 11.4 Å². The fourth-order valence-corrected chi connectivity index (χ4v) is 2.30. The van der Waals surface area contributed by atoms with Crippen LogP contribution in [-0.2, 0) is 4.79 Å². The van der Waals surface area contributed by atoms with Crippen molar-refractivity contribution in [2.45, 2.75) is 12.8 Å². The molecule has 0 aliphatic carbocycles. The Morgan fingerprint density at radius 1 is 1.47 bits per heavy atom. The second-order valence-corrected chi connectivity index (χ2v) is 4.83. The molecule has 5 nitrogen and oxygen atoms in total. The third-order valence-corrected chi connectivity index (χ3v) is 3.40. The SMILES string of the molecule is CN(CC(=O)N1CCCC1)c1cc(C#N)ccc1N. The molecule has 5 heteroatoms. The average molecular weight is 258 g/mol. The first-order chi connectivity index (χ1) is 9.11. The number of likely N-dealkylation sites (tertiary alicyclic amines) is 1. The van der Waals surface area contributed by atoms with Gasteiger partial charge in [0, 0.05) is 20.1 Å². The first-order valence-corrected chi connectivity index (χ1v) is 6.40. The van der Waals surface area contributed by atoms with Gasteiger partial charge >= 0.3 is 0 Å². The highest BCUT2D eigenvalue weighted by molar-refractivity contribution is 5.83. The normalized spacial score (nSPS) is 14.2. The van der Waals surface area contributed by atoms with Crippen LogP contribution in [0.25, 0.3) is 0 Å². The van der Waals surface area contributed by atoms with E-state index in [0.29, 0.717) is 17.8 Å². The molecular formula is C14H18N4O. The molecule has 1 aromatic rings. The zero-order valence-corrected chi connectivity index (χ0v) is 11.1. The van der Waals surface area contributed by atoms with Crippen molar-refractivity contribution in [1.29, 1.82) is 5.26 Å². The summed E-state index contributed by atoms with van der Waals surface area (Å²) in [6.45, 7) is 1.99. The molecule has 1 saturated heterocycles. The summed E-state index contributed by atoms with van der Waals surface area (Å²) in [4.78, 5) is 15.8. The maximum absolute atomic E-state index is 12.1. The van der Waals surface area contributed by atoms with Crippen LogP contribution in [0.3, 0.4) is 0 Å². The van der Waals surface area contributed by atoms with Crippen LogP contribution in [0, 0.1) is 11.3 Å². The number of likely N-dealkylation sites (N-methyl/N-ethyl adjacent to an activating group) is 1. The standard InChI is InChI=1S/C14H18N4O/c1-17(10-14(19)18-6-2-3-7-18)13-8-11(9-15)4-5-12(13)16/h4-5,8H,2-3,6-7,10,16H2,1H3. The van der Waals surface area contributed by atoms with Crippen LogP contribution in [0.2, 0.25) is 0 Å². The lowest BCUT2D eigenvalue weighted by atomic mass is 10.1. The Labute approximate surface area is 113 Å². The van der Waals surface area contributed by atoms with Crippen LogP contribution >= 0.6 is 0 Å². The third-order valence-electron chi connectivity index (χ3n) is 3.40. The molecule has 0 atom stereocenters. The predicted octanol–water partition coefficient (Wildman–Crippen LogP) is 1.20. The molecule has 0 aromatic heterocycles. The van der Waals surface area contributed by atoms with Crippen LogP contribution < -0.4 is 10.6 Å². The summed E-state index contributed by atoms with van der Waals surface area (Å²) < 4.78 is 0. The number of nitriles is 1. The van der Waals surface area contributed by atoms with Gasteiger partial charge in [0.25, 0.3) is 0 Å². The summed E-state index contributed by atoms with van der Waals surface area (Å²) >= 11 is 0. The minimum Gasteiger partial charge on any atom is -0.397 e. The van der Waals surface area contributed by atoms with Crippen molar-refractivity contribution >= 4 is 17.3 Å². The molecule has 1 aliphatic rings. The van der Waals surface area contributed by atoms with Gasteiger partial charge in [0.1, 0.15) is 0 Å². The zero-order valence-electron chi connectivity index (χ0n) is 11.1. The Balaban J connectivity index is 2.09. The fourth-order valence-electron chi connectivity index (χ4n) is 2.30. The van der Waals surface area contributed by atoms with E-state index < -0.39 is 0 Å². The van der Waals surface area contributed by atoms with E-state index in [-0.39, 0.29) is 5.91 Å². The minimum atomic E-state index is 0.113. The number of anilines is 2. The van der Waals surface area contributed by atoms with Gasteiger partial charge in [-0.3, -0.25) is 4.79 Å². The highest BCUT2D eigenvalue weighted by Gasteiger charge is 2.19. The highest BCUT2D eigenvalue weighted by Crippen LogP contribution is 2.23.